The third-order valence-corrected chi connectivity index (χ3v) is 4.80. The van der Waals surface area contributed by atoms with Crippen LogP contribution in [-0.2, 0) is 14.3 Å². The first-order valence-corrected chi connectivity index (χ1v) is 7.84. The second kappa shape index (κ2) is 6.26. The molecule has 0 spiro atoms. The third-order valence-electron chi connectivity index (χ3n) is 4.55. The van der Waals surface area contributed by atoms with E-state index in [2.05, 4.69) is 5.32 Å². The number of rotatable bonds is 4. The number of halogens is 1. The number of carbonyl (C=O) groups is 2. The molecular formula is C16H18ClNO4. The van der Waals surface area contributed by atoms with Crippen LogP contribution in [0, 0.1) is 11.8 Å². The van der Waals surface area contributed by atoms with Crippen molar-refractivity contribution in [2.75, 3.05) is 6.61 Å². The lowest BCUT2D eigenvalue weighted by atomic mass is 9.73. The van der Waals surface area contributed by atoms with Gasteiger partial charge in [-0.25, -0.2) is 0 Å². The molecule has 1 saturated heterocycles. The Morgan fingerprint density at radius 1 is 1.14 bits per heavy atom. The van der Waals surface area contributed by atoms with Crippen molar-refractivity contribution in [3.05, 3.63) is 34.9 Å². The fourth-order valence-corrected chi connectivity index (χ4v) is 3.24. The zero-order valence-corrected chi connectivity index (χ0v) is 12.8. The van der Waals surface area contributed by atoms with E-state index in [-0.39, 0.29) is 18.1 Å². The molecule has 4 atom stereocenters. The molecule has 2 aliphatic rings. The third kappa shape index (κ3) is 2.96. The van der Waals surface area contributed by atoms with E-state index in [0.29, 0.717) is 24.5 Å². The summed E-state index contributed by atoms with van der Waals surface area (Å²) in [5.41, 5.74) is 0.968. The van der Waals surface area contributed by atoms with E-state index in [0.717, 1.165) is 12.0 Å². The Morgan fingerprint density at radius 2 is 1.82 bits per heavy atom. The lowest BCUT2D eigenvalue weighted by molar-refractivity contribution is -0.153. The van der Waals surface area contributed by atoms with E-state index in [4.69, 9.17) is 21.4 Å². The Balaban J connectivity index is 1.65. The van der Waals surface area contributed by atoms with Gasteiger partial charge in [0.2, 0.25) is 5.91 Å². The molecule has 118 valence electrons. The number of aliphatic carboxylic acids is 1. The van der Waals surface area contributed by atoms with Crippen molar-refractivity contribution in [3.63, 3.8) is 0 Å². The van der Waals surface area contributed by atoms with Crippen molar-refractivity contribution < 1.29 is 19.4 Å². The Labute approximate surface area is 133 Å². The number of hydrogen-bond donors (Lipinski definition) is 2. The van der Waals surface area contributed by atoms with Crippen LogP contribution in [0.3, 0.4) is 0 Å². The minimum absolute atomic E-state index is 0.122. The molecule has 22 heavy (non-hydrogen) atoms. The van der Waals surface area contributed by atoms with Crippen LogP contribution in [0.2, 0.25) is 5.02 Å². The Hall–Kier alpha value is -1.59. The SMILES string of the molecule is O=C(O)C1CCC1C(=O)NC1CCOC1c1ccc(Cl)cc1. The molecule has 1 saturated carbocycles. The van der Waals surface area contributed by atoms with Gasteiger partial charge in [0.25, 0.3) is 0 Å². The van der Waals surface area contributed by atoms with Crippen molar-refractivity contribution in [2.45, 2.75) is 31.4 Å². The monoisotopic (exact) mass is 323 g/mol. The lowest BCUT2D eigenvalue weighted by Gasteiger charge is -2.33. The smallest absolute Gasteiger partial charge is 0.307 e. The molecule has 1 aromatic carbocycles. The van der Waals surface area contributed by atoms with Crippen LogP contribution in [0.5, 0.6) is 0 Å². The normalized spacial score (nSPS) is 30.6. The van der Waals surface area contributed by atoms with Crippen molar-refractivity contribution in [1.29, 1.82) is 0 Å². The molecule has 0 aromatic heterocycles. The number of hydrogen-bond acceptors (Lipinski definition) is 3. The van der Waals surface area contributed by atoms with Crippen molar-refractivity contribution in [2.24, 2.45) is 11.8 Å². The molecule has 1 aliphatic carbocycles. The molecule has 1 aromatic rings. The van der Waals surface area contributed by atoms with Gasteiger partial charge in [-0.1, -0.05) is 23.7 Å². The Kier molecular flexibility index (Phi) is 4.36. The molecule has 3 rings (SSSR count). The average molecular weight is 324 g/mol. The number of benzene rings is 1. The van der Waals surface area contributed by atoms with Crippen LogP contribution in [-0.4, -0.2) is 29.6 Å². The van der Waals surface area contributed by atoms with E-state index in [1.807, 2.05) is 12.1 Å². The molecule has 2 N–H and O–H groups in total. The van der Waals surface area contributed by atoms with Crippen molar-refractivity contribution >= 4 is 23.5 Å². The summed E-state index contributed by atoms with van der Waals surface area (Å²) in [5.74, 6) is -2.02. The van der Waals surface area contributed by atoms with E-state index >= 15 is 0 Å². The van der Waals surface area contributed by atoms with Gasteiger partial charge in [-0.05, 0) is 37.0 Å². The van der Waals surface area contributed by atoms with Crippen LogP contribution in [0.25, 0.3) is 0 Å². The first-order valence-electron chi connectivity index (χ1n) is 7.46. The average Bonchev–Trinajstić information content (AvgIpc) is 2.85. The highest BCUT2D eigenvalue weighted by molar-refractivity contribution is 6.30. The van der Waals surface area contributed by atoms with Crippen LogP contribution in [0.1, 0.15) is 30.9 Å². The van der Waals surface area contributed by atoms with Crippen LogP contribution in [0.15, 0.2) is 24.3 Å². The number of nitrogens with one attached hydrogen (secondary N) is 1. The van der Waals surface area contributed by atoms with E-state index in [1.165, 1.54) is 0 Å². The molecular weight excluding hydrogens is 306 g/mol. The molecule has 5 nitrogen and oxygen atoms in total. The van der Waals surface area contributed by atoms with E-state index in [1.54, 1.807) is 12.1 Å². The van der Waals surface area contributed by atoms with Gasteiger partial charge in [0, 0.05) is 11.6 Å². The maximum atomic E-state index is 12.3. The number of amides is 1. The first-order chi connectivity index (χ1) is 10.6. The summed E-state index contributed by atoms with van der Waals surface area (Å²) in [6.45, 7) is 0.575. The van der Waals surface area contributed by atoms with Crippen LogP contribution in [0.4, 0.5) is 0 Å². The predicted octanol–water partition coefficient (Wildman–Crippen LogP) is 2.40. The summed E-state index contributed by atoms with van der Waals surface area (Å²) >= 11 is 5.89. The van der Waals surface area contributed by atoms with Gasteiger partial charge in [0.15, 0.2) is 0 Å². The molecule has 2 fully saturated rings. The zero-order chi connectivity index (χ0) is 15.7. The van der Waals surface area contributed by atoms with Crippen LogP contribution >= 0.6 is 11.6 Å². The number of carbonyl (C=O) groups excluding carboxylic acids is 1. The van der Waals surface area contributed by atoms with Crippen LogP contribution < -0.4 is 5.32 Å². The molecule has 1 heterocycles. The highest BCUT2D eigenvalue weighted by atomic mass is 35.5. The predicted molar refractivity (Wildman–Crippen MR) is 80.5 cm³/mol. The van der Waals surface area contributed by atoms with Gasteiger partial charge in [-0.2, -0.15) is 0 Å². The molecule has 1 amide bonds. The Bertz CT molecular complexity index is 574. The molecule has 0 radical (unpaired) electrons. The highest BCUT2D eigenvalue weighted by Crippen LogP contribution is 2.36. The number of ether oxygens (including phenoxy) is 1. The molecule has 6 heteroatoms. The van der Waals surface area contributed by atoms with Crippen molar-refractivity contribution in [3.8, 4) is 0 Å². The van der Waals surface area contributed by atoms with Gasteiger partial charge < -0.3 is 15.2 Å². The largest absolute Gasteiger partial charge is 0.481 e. The minimum Gasteiger partial charge on any atom is -0.481 e. The second-order valence-electron chi connectivity index (χ2n) is 5.88. The highest BCUT2D eigenvalue weighted by Gasteiger charge is 2.43. The maximum Gasteiger partial charge on any atom is 0.307 e. The summed E-state index contributed by atoms with van der Waals surface area (Å²) in [7, 11) is 0. The fraction of sp³-hybridized carbons (Fsp3) is 0.500. The minimum atomic E-state index is -0.886. The number of carboxylic acids is 1. The summed E-state index contributed by atoms with van der Waals surface area (Å²) in [5, 5.41) is 12.7. The summed E-state index contributed by atoms with van der Waals surface area (Å²) in [4.78, 5) is 23.3. The standard InChI is InChI=1S/C16H18ClNO4/c17-10-3-1-9(2-4-10)14-13(7-8-22-14)18-15(19)11-5-6-12(11)16(20)21/h1-4,11-14H,5-8H2,(H,18,19)(H,20,21). The van der Waals surface area contributed by atoms with E-state index < -0.39 is 17.8 Å². The van der Waals surface area contributed by atoms with Gasteiger partial charge in [0.05, 0.1) is 17.9 Å². The van der Waals surface area contributed by atoms with Gasteiger partial charge in [-0.15, -0.1) is 0 Å². The molecule has 4 unspecified atom stereocenters. The first kappa shape index (κ1) is 15.3. The number of carboxylic acid groups (broad SMARTS) is 1. The lowest BCUT2D eigenvalue weighted by Crippen LogP contribution is -2.47. The van der Waals surface area contributed by atoms with Gasteiger partial charge in [-0.3, -0.25) is 9.59 Å². The van der Waals surface area contributed by atoms with Crippen molar-refractivity contribution in [1.82, 2.24) is 5.32 Å². The topological polar surface area (TPSA) is 75.6 Å². The molecule has 1 aliphatic heterocycles. The van der Waals surface area contributed by atoms with Gasteiger partial charge >= 0.3 is 5.97 Å². The summed E-state index contributed by atoms with van der Waals surface area (Å²) in [6, 6.07) is 7.25. The molecule has 0 bridgehead atoms. The van der Waals surface area contributed by atoms with E-state index in [9.17, 15) is 9.59 Å². The quantitative estimate of drug-likeness (QED) is 0.892. The summed E-state index contributed by atoms with van der Waals surface area (Å²) in [6.07, 6.45) is 1.74. The maximum absolute atomic E-state index is 12.3. The fourth-order valence-electron chi connectivity index (χ4n) is 3.12. The van der Waals surface area contributed by atoms with Gasteiger partial charge in [0.1, 0.15) is 6.10 Å². The zero-order valence-electron chi connectivity index (χ0n) is 12.0. The second-order valence-corrected chi connectivity index (χ2v) is 6.31. The Morgan fingerprint density at radius 3 is 2.41 bits per heavy atom. The summed E-state index contributed by atoms with van der Waals surface area (Å²) < 4.78 is 5.72.